The van der Waals surface area contributed by atoms with E-state index in [2.05, 4.69) is 5.32 Å². The van der Waals surface area contributed by atoms with Gasteiger partial charge in [-0.1, -0.05) is 12.1 Å². The molecule has 102 valence electrons. The average molecular weight is 270 g/mol. The molecule has 0 aromatic heterocycles. The van der Waals surface area contributed by atoms with Crippen LogP contribution in [0.2, 0.25) is 0 Å². The maximum atomic E-state index is 13.7. The molecule has 3 nitrogen and oxygen atoms in total. The highest BCUT2D eigenvalue weighted by Crippen LogP contribution is 2.35. The number of hydrogen-bond donors (Lipinski definition) is 2. The Hall–Kier alpha value is -2.36. The molecule has 1 unspecified atom stereocenters. The van der Waals surface area contributed by atoms with Crippen LogP contribution in [-0.2, 0) is 6.42 Å². The molecular formula is C16H15FN2O. The van der Waals surface area contributed by atoms with Crippen LogP contribution in [0.3, 0.4) is 0 Å². The third-order valence-corrected chi connectivity index (χ3v) is 3.72. The average Bonchev–Trinajstić information content (AvgIpc) is 2.84. The summed E-state index contributed by atoms with van der Waals surface area (Å²) in [5.41, 5.74) is 8.41. The molecule has 3 N–H and O–H groups in total. The molecule has 3 rings (SSSR count). The summed E-state index contributed by atoms with van der Waals surface area (Å²) in [6, 6.07) is 12.3. The first-order chi connectivity index (χ1) is 9.65. The molecule has 1 atom stereocenters. The number of benzene rings is 2. The Bertz CT molecular complexity index is 652. The minimum atomic E-state index is -0.440. The number of hydrogen-bond acceptors (Lipinski definition) is 2. The number of rotatable bonds is 3. The summed E-state index contributed by atoms with van der Waals surface area (Å²) in [6.45, 7) is 0. The van der Waals surface area contributed by atoms with Crippen molar-refractivity contribution in [2.24, 2.45) is 5.73 Å². The Kier molecular flexibility index (Phi) is 3.14. The van der Waals surface area contributed by atoms with E-state index in [4.69, 9.17) is 5.73 Å². The third kappa shape index (κ3) is 2.25. The smallest absolute Gasteiger partial charge is 0.248 e. The zero-order valence-electron chi connectivity index (χ0n) is 10.9. The normalized spacial score (nSPS) is 16.8. The van der Waals surface area contributed by atoms with Crippen molar-refractivity contribution in [1.29, 1.82) is 0 Å². The van der Waals surface area contributed by atoms with Gasteiger partial charge in [0.15, 0.2) is 0 Å². The standard InChI is InChI=1S/C16H15FN2O/c17-14-3-1-2-13-12(14)8-9-15(13)19-11-6-4-10(5-7-11)16(18)20/h1-7,15,19H,8-9H2,(H2,18,20). The molecule has 0 spiro atoms. The van der Waals surface area contributed by atoms with Gasteiger partial charge in [-0.3, -0.25) is 4.79 Å². The lowest BCUT2D eigenvalue weighted by atomic mass is 10.1. The fourth-order valence-electron chi connectivity index (χ4n) is 2.69. The highest BCUT2D eigenvalue weighted by molar-refractivity contribution is 5.93. The van der Waals surface area contributed by atoms with E-state index < -0.39 is 5.91 Å². The van der Waals surface area contributed by atoms with Gasteiger partial charge in [-0.2, -0.15) is 0 Å². The lowest BCUT2D eigenvalue weighted by molar-refractivity contribution is 0.100. The third-order valence-electron chi connectivity index (χ3n) is 3.72. The molecule has 1 aliphatic carbocycles. The minimum absolute atomic E-state index is 0.111. The van der Waals surface area contributed by atoms with Crippen LogP contribution in [0.4, 0.5) is 10.1 Å². The molecule has 0 fully saturated rings. The Labute approximate surface area is 116 Å². The van der Waals surface area contributed by atoms with Crippen LogP contribution in [0, 0.1) is 5.82 Å². The van der Waals surface area contributed by atoms with Gasteiger partial charge in [0.1, 0.15) is 5.82 Å². The Morgan fingerprint density at radius 2 is 1.95 bits per heavy atom. The van der Waals surface area contributed by atoms with E-state index in [0.717, 1.165) is 29.7 Å². The molecule has 0 bridgehead atoms. The molecular weight excluding hydrogens is 255 g/mol. The number of primary amides is 1. The molecule has 0 saturated carbocycles. The fourth-order valence-corrected chi connectivity index (χ4v) is 2.69. The second kappa shape index (κ2) is 4.96. The summed E-state index contributed by atoms with van der Waals surface area (Å²) in [4.78, 5) is 11.0. The van der Waals surface area contributed by atoms with Crippen LogP contribution in [-0.4, -0.2) is 5.91 Å². The summed E-state index contributed by atoms with van der Waals surface area (Å²) in [5, 5.41) is 3.37. The van der Waals surface area contributed by atoms with Crippen molar-refractivity contribution in [2.75, 3.05) is 5.32 Å². The number of nitrogens with two attached hydrogens (primary N) is 1. The van der Waals surface area contributed by atoms with Gasteiger partial charge in [0.2, 0.25) is 5.91 Å². The summed E-state index contributed by atoms with van der Waals surface area (Å²) >= 11 is 0. The zero-order chi connectivity index (χ0) is 14.1. The van der Waals surface area contributed by atoms with E-state index in [0.29, 0.717) is 5.56 Å². The van der Waals surface area contributed by atoms with Crippen molar-refractivity contribution in [3.63, 3.8) is 0 Å². The number of halogens is 1. The number of nitrogens with one attached hydrogen (secondary N) is 1. The minimum Gasteiger partial charge on any atom is -0.378 e. The van der Waals surface area contributed by atoms with Crippen molar-refractivity contribution in [3.05, 3.63) is 65.0 Å². The van der Waals surface area contributed by atoms with E-state index in [1.165, 1.54) is 6.07 Å². The molecule has 1 aliphatic rings. The number of fused-ring (bicyclic) bond motifs is 1. The summed E-state index contributed by atoms with van der Waals surface area (Å²) < 4.78 is 13.7. The van der Waals surface area contributed by atoms with Crippen molar-refractivity contribution >= 4 is 11.6 Å². The topological polar surface area (TPSA) is 55.1 Å². The quantitative estimate of drug-likeness (QED) is 0.900. The summed E-state index contributed by atoms with van der Waals surface area (Å²) in [7, 11) is 0. The van der Waals surface area contributed by atoms with Gasteiger partial charge in [0.25, 0.3) is 0 Å². The SMILES string of the molecule is NC(=O)c1ccc(NC2CCc3c(F)cccc32)cc1. The van der Waals surface area contributed by atoms with E-state index in [1.807, 2.05) is 18.2 Å². The second-order valence-corrected chi connectivity index (χ2v) is 4.98. The van der Waals surface area contributed by atoms with Crippen LogP contribution >= 0.6 is 0 Å². The first-order valence-corrected chi connectivity index (χ1v) is 6.59. The van der Waals surface area contributed by atoms with E-state index in [9.17, 15) is 9.18 Å². The van der Waals surface area contributed by atoms with Crippen molar-refractivity contribution in [2.45, 2.75) is 18.9 Å². The van der Waals surface area contributed by atoms with Crippen LogP contribution in [0.15, 0.2) is 42.5 Å². The molecule has 0 heterocycles. The molecule has 2 aromatic carbocycles. The van der Waals surface area contributed by atoms with Gasteiger partial charge in [-0.05, 0) is 54.3 Å². The van der Waals surface area contributed by atoms with E-state index >= 15 is 0 Å². The fraction of sp³-hybridized carbons (Fsp3) is 0.188. The van der Waals surface area contributed by atoms with Gasteiger partial charge in [-0.25, -0.2) is 4.39 Å². The van der Waals surface area contributed by atoms with Crippen LogP contribution in [0.1, 0.15) is 33.9 Å². The number of carbonyl (C=O) groups excluding carboxylic acids is 1. The summed E-state index contributed by atoms with van der Waals surface area (Å²) in [5.74, 6) is -0.569. The van der Waals surface area contributed by atoms with Gasteiger partial charge >= 0.3 is 0 Å². The van der Waals surface area contributed by atoms with Gasteiger partial charge < -0.3 is 11.1 Å². The maximum Gasteiger partial charge on any atom is 0.248 e. The van der Waals surface area contributed by atoms with Crippen molar-refractivity contribution in [3.8, 4) is 0 Å². The predicted molar refractivity (Wildman–Crippen MR) is 76.0 cm³/mol. The molecule has 20 heavy (non-hydrogen) atoms. The summed E-state index contributed by atoms with van der Waals surface area (Å²) in [6.07, 6.45) is 1.62. The first kappa shape index (κ1) is 12.7. The van der Waals surface area contributed by atoms with Crippen LogP contribution in [0.25, 0.3) is 0 Å². The monoisotopic (exact) mass is 270 g/mol. The maximum absolute atomic E-state index is 13.7. The van der Waals surface area contributed by atoms with Crippen LogP contribution < -0.4 is 11.1 Å². The van der Waals surface area contributed by atoms with Crippen molar-refractivity contribution in [1.82, 2.24) is 0 Å². The van der Waals surface area contributed by atoms with Crippen molar-refractivity contribution < 1.29 is 9.18 Å². The molecule has 4 heteroatoms. The number of carbonyl (C=O) groups is 1. The predicted octanol–water partition coefficient (Wildman–Crippen LogP) is 3.02. The Morgan fingerprint density at radius 3 is 2.65 bits per heavy atom. The molecule has 0 aliphatic heterocycles. The second-order valence-electron chi connectivity index (χ2n) is 4.98. The molecule has 0 saturated heterocycles. The Morgan fingerprint density at radius 1 is 1.20 bits per heavy atom. The first-order valence-electron chi connectivity index (χ1n) is 6.59. The van der Waals surface area contributed by atoms with E-state index in [1.54, 1.807) is 18.2 Å². The van der Waals surface area contributed by atoms with Gasteiger partial charge in [0, 0.05) is 11.3 Å². The largest absolute Gasteiger partial charge is 0.378 e. The lowest BCUT2D eigenvalue weighted by Gasteiger charge is -2.15. The zero-order valence-corrected chi connectivity index (χ0v) is 10.9. The number of anilines is 1. The highest BCUT2D eigenvalue weighted by atomic mass is 19.1. The van der Waals surface area contributed by atoms with Gasteiger partial charge in [-0.15, -0.1) is 0 Å². The Balaban J connectivity index is 1.80. The van der Waals surface area contributed by atoms with Crippen LogP contribution in [0.5, 0.6) is 0 Å². The molecule has 0 radical (unpaired) electrons. The lowest BCUT2D eigenvalue weighted by Crippen LogP contribution is -2.11. The molecule has 2 aromatic rings. The highest BCUT2D eigenvalue weighted by Gasteiger charge is 2.24. The number of amides is 1. The van der Waals surface area contributed by atoms with E-state index in [-0.39, 0.29) is 11.9 Å². The molecule has 1 amide bonds. The van der Waals surface area contributed by atoms with Gasteiger partial charge in [0.05, 0.1) is 6.04 Å².